The smallest absolute Gasteiger partial charge is 0.326 e. The van der Waals surface area contributed by atoms with E-state index in [2.05, 4.69) is 16.0 Å². The first-order valence-electron chi connectivity index (χ1n) is 9.69. The molecule has 11 heteroatoms. The second kappa shape index (κ2) is 13.1. The van der Waals surface area contributed by atoms with Crippen molar-refractivity contribution in [2.24, 2.45) is 17.4 Å². The molecule has 9 N–H and O–H groups in total. The van der Waals surface area contributed by atoms with Gasteiger partial charge in [-0.15, -0.1) is 0 Å². The van der Waals surface area contributed by atoms with Gasteiger partial charge in [-0.2, -0.15) is 0 Å². The number of aliphatic hydroxyl groups excluding tert-OH is 1. The number of hydrogen-bond donors (Lipinski definition) is 7. The SMILES string of the molecule is CC(NC(=O)C(NC(=O)C(N)CCCCN)C(C)O)C(=O)NC(C(=O)O)C(C)C. The van der Waals surface area contributed by atoms with Crippen molar-refractivity contribution in [3.8, 4) is 0 Å². The number of carbonyl (C=O) groups excluding carboxylic acids is 3. The molecule has 0 spiro atoms. The van der Waals surface area contributed by atoms with E-state index in [4.69, 9.17) is 16.6 Å². The summed E-state index contributed by atoms with van der Waals surface area (Å²) in [6.07, 6.45) is 0.491. The molecule has 0 radical (unpaired) electrons. The zero-order valence-electron chi connectivity index (χ0n) is 17.5. The molecule has 5 unspecified atom stereocenters. The minimum absolute atomic E-state index is 0.357. The van der Waals surface area contributed by atoms with Gasteiger partial charge in [-0.25, -0.2) is 4.79 Å². The first-order chi connectivity index (χ1) is 13.4. The number of aliphatic carboxylic acids is 1. The first kappa shape index (κ1) is 26.8. The lowest BCUT2D eigenvalue weighted by molar-refractivity contribution is -0.143. The van der Waals surface area contributed by atoms with Crippen LogP contribution in [0.2, 0.25) is 0 Å². The Kier molecular flexibility index (Phi) is 12.1. The normalized spacial score (nSPS) is 16.3. The third kappa shape index (κ3) is 9.68. The molecule has 0 fully saturated rings. The van der Waals surface area contributed by atoms with Gasteiger partial charge in [0.1, 0.15) is 18.1 Å². The molecule has 5 atom stereocenters. The second-order valence-corrected chi connectivity index (χ2v) is 7.42. The molecule has 0 aromatic rings. The predicted octanol–water partition coefficient (Wildman–Crippen LogP) is -1.96. The number of nitrogens with one attached hydrogen (secondary N) is 3. The lowest BCUT2D eigenvalue weighted by atomic mass is 10.0. The number of carboxylic acid groups (broad SMARTS) is 1. The maximum Gasteiger partial charge on any atom is 0.326 e. The number of unbranched alkanes of at least 4 members (excludes halogenated alkanes) is 1. The number of rotatable bonds is 13. The van der Waals surface area contributed by atoms with Gasteiger partial charge in [0.2, 0.25) is 17.7 Å². The molecule has 0 bridgehead atoms. The quantitative estimate of drug-likeness (QED) is 0.168. The van der Waals surface area contributed by atoms with E-state index in [1.165, 1.54) is 13.8 Å². The summed E-state index contributed by atoms with van der Waals surface area (Å²) in [7, 11) is 0. The third-order valence-corrected chi connectivity index (χ3v) is 4.35. The largest absolute Gasteiger partial charge is 0.480 e. The van der Waals surface area contributed by atoms with E-state index >= 15 is 0 Å². The van der Waals surface area contributed by atoms with Crippen molar-refractivity contribution in [1.82, 2.24) is 16.0 Å². The predicted molar refractivity (Wildman–Crippen MR) is 107 cm³/mol. The van der Waals surface area contributed by atoms with Gasteiger partial charge < -0.3 is 37.6 Å². The Labute approximate surface area is 171 Å². The monoisotopic (exact) mass is 417 g/mol. The summed E-state index contributed by atoms with van der Waals surface area (Å²) >= 11 is 0. The molecule has 0 saturated heterocycles. The summed E-state index contributed by atoms with van der Waals surface area (Å²) in [5.74, 6) is -3.64. The van der Waals surface area contributed by atoms with E-state index in [9.17, 15) is 24.3 Å². The molecule has 0 saturated carbocycles. The minimum atomic E-state index is -1.32. The van der Waals surface area contributed by atoms with Gasteiger partial charge in [0, 0.05) is 0 Å². The van der Waals surface area contributed by atoms with E-state index in [-0.39, 0.29) is 5.92 Å². The number of hydrogen-bond acceptors (Lipinski definition) is 7. The number of aliphatic hydroxyl groups is 1. The van der Waals surface area contributed by atoms with Crippen LogP contribution >= 0.6 is 0 Å². The fraction of sp³-hybridized carbons (Fsp3) is 0.778. The summed E-state index contributed by atoms with van der Waals surface area (Å²) in [5, 5.41) is 26.1. The van der Waals surface area contributed by atoms with Gasteiger partial charge in [-0.05, 0) is 39.2 Å². The Hall–Kier alpha value is -2.24. The third-order valence-electron chi connectivity index (χ3n) is 4.35. The van der Waals surface area contributed by atoms with Crippen LogP contribution in [-0.2, 0) is 19.2 Å². The van der Waals surface area contributed by atoms with Crippen LogP contribution in [0.15, 0.2) is 0 Å². The molecule has 0 aliphatic rings. The molecule has 0 aromatic carbocycles. The molecule has 0 aromatic heterocycles. The van der Waals surface area contributed by atoms with E-state index < -0.39 is 54.0 Å². The molecule has 3 amide bonds. The topological polar surface area (TPSA) is 197 Å². The number of amides is 3. The molecule has 0 aliphatic heterocycles. The summed E-state index contributed by atoms with van der Waals surface area (Å²) in [5.41, 5.74) is 11.2. The highest BCUT2D eigenvalue weighted by Gasteiger charge is 2.31. The van der Waals surface area contributed by atoms with Gasteiger partial charge >= 0.3 is 5.97 Å². The molecular weight excluding hydrogens is 382 g/mol. The number of nitrogens with two attached hydrogens (primary N) is 2. The van der Waals surface area contributed by atoms with Crippen molar-refractivity contribution in [2.45, 2.75) is 77.2 Å². The zero-order valence-corrected chi connectivity index (χ0v) is 17.5. The van der Waals surface area contributed by atoms with Crippen molar-refractivity contribution < 1.29 is 29.4 Å². The maximum absolute atomic E-state index is 12.4. The molecule has 0 rings (SSSR count). The lowest BCUT2D eigenvalue weighted by Gasteiger charge is -2.25. The van der Waals surface area contributed by atoms with Crippen LogP contribution in [0, 0.1) is 5.92 Å². The lowest BCUT2D eigenvalue weighted by Crippen LogP contribution is -2.59. The van der Waals surface area contributed by atoms with Crippen LogP contribution in [0.1, 0.15) is 47.0 Å². The highest BCUT2D eigenvalue weighted by atomic mass is 16.4. The molecule has 29 heavy (non-hydrogen) atoms. The van der Waals surface area contributed by atoms with E-state index in [0.29, 0.717) is 25.8 Å². The highest BCUT2D eigenvalue weighted by molar-refractivity contribution is 5.94. The minimum Gasteiger partial charge on any atom is -0.480 e. The Bertz CT molecular complexity index is 569. The zero-order chi connectivity index (χ0) is 22.7. The average Bonchev–Trinajstić information content (AvgIpc) is 2.62. The second-order valence-electron chi connectivity index (χ2n) is 7.42. The van der Waals surface area contributed by atoms with Crippen molar-refractivity contribution in [2.75, 3.05) is 6.54 Å². The first-order valence-corrected chi connectivity index (χ1v) is 9.69. The summed E-state index contributed by atoms with van der Waals surface area (Å²) in [6, 6.07) is -4.38. The molecule has 0 heterocycles. The van der Waals surface area contributed by atoms with E-state index in [1.807, 2.05) is 0 Å². The standard InChI is InChI=1S/C18H35N5O6/c1-9(2)13(18(28)29)22-15(25)10(3)21-17(27)14(11(4)24)23-16(26)12(20)7-5-6-8-19/h9-14,24H,5-8,19-20H2,1-4H3,(H,21,27)(H,22,25)(H,23,26)(H,28,29). The average molecular weight is 418 g/mol. The van der Waals surface area contributed by atoms with Crippen molar-refractivity contribution in [3.05, 3.63) is 0 Å². The molecule has 168 valence electrons. The van der Waals surface area contributed by atoms with Gasteiger partial charge in [0.25, 0.3) is 0 Å². The summed E-state index contributed by atoms with van der Waals surface area (Å²) in [6.45, 7) is 6.43. The van der Waals surface area contributed by atoms with Crippen LogP contribution in [0.25, 0.3) is 0 Å². The van der Waals surface area contributed by atoms with Gasteiger partial charge in [-0.1, -0.05) is 20.3 Å². The van der Waals surface area contributed by atoms with Gasteiger partial charge in [-0.3, -0.25) is 14.4 Å². The van der Waals surface area contributed by atoms with Gasteiger partial charge in [0.15, 0.2) is 0 Å². The van der Waals surface area contributed by atoms with Crippen LogP contribution in [0.3, 0.4) is 0 Å². The number of carbonyl (C=O) groups is 4. The Balaban J connectivity index is 4.90. The van der Waals surface area contributed by atoms with Crippen molar-refractivity contribution in [1.29, 1.82) is 0 Å². The van der Waals surface area contributed by atoms with Crippen molar-refractivity contribution in [3.63, 3.8) is 0 Å². The summed E-state index contributed by atoms with van der Waals surface area (Å²) < 4.78 is 0. The maximum atomic E-state index is 12.4. The van der Waals surface area contributed by atoms with Crippen LogP contribution in [-0.4, -0.2) is 70.7 Å². The molecular formula is C18H35N5O6. The van der Waals surface area contributed by atoms with E-state index in [0.717, 1.165) is 0 Å². The van der Waals surface area contributed by atoms with Crippen LogP contribution in [0.5, 0.6) is 0 Å². The Morgan fingerprint density at radius 1 is 0.862 bits per heavy atom. The summed E-state index contributed by atoms with van der Waals surface area (Å²) in [4.78, 5) is 48.0. The number of carboxylic acids is 1. The fourth-order valence-electron chi connectivity index (χ4n) is 2.47. The molecule has 0 aliphatic carbocycles. The molecule has 11 nitrogen and oxygen atoms in total. The van der Waals surface area contributed by atoms with Crippen LogP contribution < -0.4 is 27.4 Å². The van der Waals surface area contributed by atoms with Crippen molar-refractivity contribution >= 4 is 23.7 Å². The highest BCUT2D eigenvalue weighted by Crippen LogP contribution is 2.03. The van der Waals surface area contributed by atoms with Gasteiger partial charge in [0.05, 0.1) is 12.1 Å². The Morgan fingerprint density at radius 2 is 1.41 bits per heavy atom. The fourth-order valence-corrected chi connectivity index (χ4v) is 2.47. The van der Waals surface area contributed by atoms with Crippen LogP contribution in [0.4, 0.5) is 0 Å². The van der Waals surface area contributed by atoms with E-state index in [1.54, 1.807) is 13.8 Å². The Morgan fingerprint density at radius 3 is 1.86 bits per heavy atom.